The number of halogens is 8. The Labute approximate surface area is 72.6 Å². The molecule has 0 aromatic rings. The van der Waals surface area contributed by atoms with Crippen molar-refractivity contribution in [3.05, 3.63) is 0 Å². The molecular weight excluding hydrogens is 228 g/mol. The van der Waals surface area contributed by atoms with Gasteiger partial charge in [-0.3, -0.25) is 0 Å². The van der Waals surface area contributed by atoms with Gasteiger partial charge in [-0.05, 0) is 0 Å². The minimum Gasteiger partial charge on any atom is -0.337 e. The molecule has 0 bridgehead atoms. The normalized spacial score (nSPS) is 16.1. The Morgan fingerprint density at radius 1 is 0.929 bits per heavy atom. The van der Waals surface area contributed by atoms with Gasteiger partial charge in [-0.1, -0.05) is 0 Å². The lowest BCUT2D eigenvalue weighted by atomic mass is 10.3. The first kappa shape index (κ1) is 13.4. The molecule has 1 atom stereocenters. The molecule has 1 unspecified atom stereocenters. The van der Waals surface area contributed by atoms with Crippen molar-refractivity contribution < 1.29 is 39.9 Å². The summed E-state index contributed by atoms with van der Waals surface area (Å²) >= 11 is 0. The SMILES string of the molecule is FC(F)C(F)OCC(F)(F)C(F)(F)F. The van der Waals surface area contributed by atoms with Crippen molar-refractivity contribution in [2.24, 2.45) is 0 Å². The Hall–Kier alpha value is -0.600. The van der Waals surface area contributed by atoms with Crippen LogP contribution in [0.2, 0.25) is 0 Å². The predicted molar refractivity (Wildman–Crippen MR) is 27.9 cm³/mol. The Balaban J connectivity index is 4.13. The average Bonchev–Trinajstić information content (AvgIpc) is 1.97. The minimum absolute atomic E-state index is 2.47. The summed E-state index contributed by atoms with van der Waals surface area (Å²) < 4.78 is 95.1. The van der Waals surface area contributed by atoms with Gasteiger partial charge >= 0.3 is 12.1 Å². The quantitative estimate of drug-likeness (QED) is 0.677. The molecule has 0 aliphatic rings. The third-order valence-corrected chi connectivity index (χ3v) is 1.04. The number of alkyl halides is 8. The first-order chi connectivity index (χ1) is 6.08. The van der Waals surface area contributed by atoms with Crippen molar-refractivity contribution in [3.8, 4) is 0 Å². The van der Waals surface area contributed by atoms with Crippen molar-refractivity contribution in [1.82, 2.24) is 0 Å². The fourth-order valence-electron chi connectivity index (χ4n) is 0.339. The summed E-state index contributed by atoms with van der Waals surface area (Å²) in [5.41, 5.74) is 0. The average molecular weight is 232 g/mol. The Morgan fingerprint density at radius 3 is 1.64 bits per heavy atom. The molecule has 0 spiro atoms. The molecule has 0 rings (SSSR count). The zero-order valence-electron chi connectivity index (χ0n) is 6.29. The van der Waals surface area contributed by atoms with Gasteiger partial charge in [-0.25, -0.2) is 13.2 Å². The zero-order valence-corrected chi connectivity index (χ0v) is 6.29. The molecular formula is C5H4F8O. The maximum atomic E-state index is 11.9. The molecule has 1 nitrogen and oxygen atoms in total. The number of hydrogen-bond donors (Lipinski definition) is 0. The van der Waals surface area contributed by atoms with E-state index in [4.69, 9.17) is 0 Å². The Morgan fingerprint density at radius 2 is 1.36 bits per heavy atom. The number of rotatable bonds is 4. The van der Waals surface area contributed by atoms with Crippen molar-refractivity contribution in [3.63, 3.8) is 0 Å². The summed E-state index contributed by atoms with van der Waals surface area (Å²) in [5.74, 6) is -5.34. The third-order valence-electron chi connectivity index (χ3n) is 1.04. The minimum atomic E-state index is -5.95. The van der Waals surface area contributed by atoms with E-state index >= 15 is 0 Å². The van der Waals surface area contributed by atoms with E-state index in [1.807, 2.05) is 0 Å². The highest BCUT2D eigenvalue weighted by Gasteiger charge is 2.58. The van der Waals surface area contributed by atoms with E-state index in [2.05, 4.69) is 4.74 Å². The van der Waals surface area contributed by atoms with Crippen LogP contribution in [0.1, 0.15) is 0 Å². The monoisotopic (exact) mass is 232 g/mol. The fraction of sp³-hybridized carbons (Fsp3) is 1.00. The van der Waals surface area contributed by atoms with Gasteiger partial charge in [0.05, 0.1) is 0 Å². The first-order valence-electron chi connectivity index (χ1n) is 3.06. The van der Waals surface area contributed by atoms with Gasteiger partial charge in [0.15, 0.2) is 0 Å². The van der Waals surface area contributed by atoms with Crippen LogP contribution in [-0.2, 0) is 4.74 Å². The maximum Gasteiger partial charge on any atom is 0.455 e. The number of hydrogen-bond acceptors (Lipinski definition) is 1. The van der Waals surface area contributed by atoms with Crippen LogP contribution in [0.3, 0.4) is 0 Å². The summed E-state index contributed by atoms with van der Waals surface area (Å²) in [7, 11) is 0. The topological polar surface area (TPSA) is 9.23 Å². The van der Waals surface area contributed by atoms with Gasteiger partial charge in [-0.2, -0.15) is 22.0 Å². The molecule has 14 heavy (non-hydrogen) atoms. The fourth-order valence-corrected chi connectivity index (χ4v) is 0.339. The highest BCUT2D eigenvalue weighted by molar-refractivity contribution is 4.75. The van der Waals surface area contributed by atoms with Crippen LogP contribution in [0.5, 0.6) is 0 Å². The van der Waals surface area contributed by atoms with Crippen molar-refractivity contribution in [2.75, 3.05) is 6.61 Å². The summed E-state index contributed by atoms with van der Waals surface area (Å²) in [6.45, 7) is -2.47. The van der Waals surface area contributed by atoms with Crippen molar-refractivity contribution >= 4 is 0 Å². The second-order valence-corrected chi connectivity index (χ2v) is 2.20. The van der Waals surface area contributed by atoms with Crippen LogP contribution in [0.4, 0.5) is 35.1 Å². The Bertz CT molecular complexity index is 175. The smallest absolute Gasteiger partial charge is 0.337 e. The molecule has 0 saturated carbocycles. The van der Waals surface area contributed by atoms with E-state index in [9.17, 15) is 35.1 Å². The van der Waals surface area contributed by atoms with Crippen LogP contribution in [0.15, 0.2) is 0 Å². The molecule has 0 fully saturated rings. The molecule has 9 heteroatoms. The molecule has 0 radical (unpaired) electrons. The van der Waals surface area contributed by atoms with E-state index in [1.165, 1.54) is 0 Å². The van der Waals surface area contributed by atoms with E-state index in [0.29, 0.717) is 0 Å². The summed E-state index contributed by atoms with van der Waals surface area (Å²) in [6.07, 6.45) is -13.2. The molecule has 0 aromatic heterocycles. The van der Waals surface area contributed by atoms with E-state index in [0.717, 1.165) is 0 Å². The van der Waals surface area contributed by atoms with Gasteiger partial charge in [0.1, 0.15) is 6.61 Å². The van der Waals surface area contributed by atoms with E-state index in [1.54, 1.807) is 0 Å². The summed E-state index contributed by atoms with van der Waals surface area (Å²) in [6, 6.07) is 0. The molecule has 0 N–H and O–H groups in total. The van der Waals surface area contributed by atoms with Crippen LogP contribution in [0.25, 0.3) is 0 Å². The number of ether oxygens (including phenoxy) is 1. The highest BCUT2D eigenvalue weighted by atomic mass is 19.4. The predicted octanol–water partition coefficient (Wildman–Crippen LogP) is 2.76. The lowest BCUT2D eigenvalue weighted by Gasteiger charge is -2.20. The first-order valence-corrected chi connectivity index (χ1v) is 3.06. The van der Waals surface area contributed by atoms with Crippen molar-refractivity contribution in [2.45, 2.75) is 24.9 Å². The van der Waals surface area contributed by atoms with Crippen LogP contribution >= 0.6 is 0 Å². The molecule has 0 heterocycles. The van der Waals surface area contributed by atoms with Gasteiger partial charge in [0, 0.05) is 0 Å². The molecule has 0 aromatic carbocycles. The molecule has 86 valence electrons. The summed E-state index contributed by atoms with van der Waals surface area (Å²) in [4.78, 5) is 0. The lowest BCUT2D eigenvalue weighted by molar-refractivity contribution is -0.308. The Kier molecular flexibility index (Phi) is 4.10. The van der Waals surface area contributed by atoms with E-state index < -0.39 is 31.5 Å². The van der Waals surface area contributed by atoms with Gasteiger partial charge < -0.3 is 4.74 Å². The lowest BCUT2D eigenvalue weighted by Crippen LogP contribution is -2.42. The third kappa shape index (κ3) is 3.64. The van der Waals surface area contributed by atoms with Gasteiger partial charge in [0.25, 0.3) is 12.8 Å². The van der Waals surface area contributed by atoms with Gasteiger partial charge in [-0.15, -0.1) is 0 Å². The largest absolute Gasteiger partial charge is 0.455 e. The van der Waals surface area contributed by atoms with Crippen LogP contribution in [0, 0.1) is 0 Å². The van der Waals surface area contributed by atoms with E-state index in [-0.39, 0.29) is 0 Å². The summed E-state index contributed by atoms with van der Waals surface area (Å²) in [5, 5.41) is 0. The standard InChI is InChI=1S/C5H4F8O/c6-2(7)3(8)14-1-4(9,10)5(11,12)13/h2-3H,1H2. The zero-order chi connectivity index (χ0) is 11.6. The molecule has 0 aliphatic carbocycles. The van der Waals surface area contributed by atoms with Crippen LogP contribution < -0.4 is 0 Å². The molecule has 0 amide bonds. The van der Waals surface area contributed by atoms with Gasteiger partial charge in [0.2, 0.25) is 0 Å². The second-order valence-electron chi connectivity index (χ2n) is 2.20. The highest BCUT2D eigenvalue weighted by Crippen LogP contribution is 2.35. The van der Waals surface area contributed by atoms with Crippen LogP contribution in [-0.4, -0.2) is 31.5 Å². The maximum absolute atomic E-state index is 11.9. The molecule has 0 saturated heterocycles. The second kappa shape index (κ2) is 4.28. The molecule has 0 aliphatic heterocycles. The van der Waals surface area contributed by atoms with Crippen molar-refractivity contribution in [1.29, 1.82) is 0 Å².